The summed E-state index contributed by atoms with van der Waals surface area (Å²) in [5.41, 5.74) is 3.44. The molecule has 1 N–H and O–H groups in total. The second kappa shape index (κ2) is 14.2. The number of aryl methyl sites for hydroxylation is 1. The van der Waals surface area contributed by atoms with E-state index in [0.29, 0.717) is 25.9 Å². The molecular weight excluding hydrogens is 386 g/mol. The SMILES string of the molecule is CC.CCCN(C(C)=O)/C(CCC1=CC(O)=CCC=C1)=N\N(C)Cc1ccc(C)cc1. The Balaban J connectivity index is 0.00000233. The van der Waals surface area contributed by atoms with Crippen LogP contribution in [0.2, 0.25) is 0 Å². The molecule has 0 bridgehead atoms. The minimum Gasteiger partial charge on any atom is -0.508 e. The van der Waals surface area contributed by atoms with Crippen molar-refractivity contribution in [2.45, 2.75) is 66.8 Å². The number of allylic oxidation sites excluding steroid dienone is 5. The number of hydrazone groups is 1. The van der Waals surface area contributed by atoms with Gasteiger partial charge in [0.15, 0.2) is 0 Å². The number of amides is 1. The summed E-state index contributed by atoms with van der Waals surface area (Å²) >= 11 is 0. The highest BCUT2D eigenvalue weighted by molar-refractivity contribution is 5.97. The van der Waals surface area contributed by atoms with E-state index in [-0.39, 0.29) is 11.7 Å². The molecule has 1 aliphatic carbocycles. The highest BCUT2D eigenvalue weighted by Crippen LogP contribution is 2.17. The first-order valence-electron chi connectivity index (χ1n) is 11.3. The number of rotatable bonds is 8. The summed E-state index contributed by atoms with van der Waals surface area (Å²) in [6.45, 7) is 11.0. The van der Waals surface area contributed by atoms with Crippen LogP contribution in [0.25, 0.3) is 0 Å². The summed E-state index contributed by atoms with van der Waals surface area (Å²) in [6, 6.07) is 8.40. The number of hydrogen-bond acceptors (Lipinski definition) is 4. The molecule has 2 rings (SSSR count). The molecule has 0 spiro atoms. The average Bonchev–Trinajstić information content (AvgIpc) is 2.96. The molecule has 1 aromatic rings. The van der Waals surface area contributed by atoms with Gasteiger partial charge in [0.1, 0.15) is 11.6 Å². The molecule has 0 heterocycles. The minimum atomic E-state index is 0.00228. The van der Waals surface area contributed by atoms with Crippen molar-refractivity contribution >= 4 is 11.7 Å². The molecule has 0 saturated carbocycles. The highest BCUT2D eigenvalue weighted by Gasteiger charge is 2.17. The number of hydrogen-bond donors (Lipinski definition) is 1. The van der Waals surface area contributed by atoms with Crippen LogP contribution in [0, 0.1) is 6.92 Å². The lowest BCUT2D eigenvalue weighted by Gasteiger charge is -2.25. The third kappa shape index (κ3) is 9.69. The van der Waals surface area contributed by atoms with E-state index in [1.54, 1.807) is 24.0 Å². The Hall–Kier alpha value is -2.82. The summed E-state index contributed by atoms with van der Waals surface area (Å²) in [4.78, 5) is 14.0. The molecular formula is C26H39N3O2. The van der Waals surface area contributed by atoms with Crippen LogP contribution >= 0.6 is 0 Å². The van der Waals surface area contributed by atoms with Crippen LogP contribution in [0.5, 0.6) is 0 Å². The Morgan fingerprint density at radius 1 is 1.19 bits per heavy atom. The summed E-state index contributed by atoms with van der Waals surface area (Å²) in [6.07, 6.45) is 10.6. The first-order valence-corrected chi connectivity index (χ1v) is 11.3. The molecule has 31 heavy (non-hydrogen) atoms. The van der Waals surface area contributed by atoms with Gasteiger partial charge in [-0.3, -0.25) is 14.7 Å². The fourth-order valence-corrected chi connectivity index (χ4v) is 3.24. The number of carbonyl (C=O) groups is 1. The first kappa shape index (κ1) is 26.2. The van der Waals surface area contributed by atoms with Gasteiger partial charge in [-0.25, -0.2) is 0 Å². The third-order valence-electron chi connectivity index (χ3n) is 4.72. The van der Waals surface area contributed by atoms with Crippen molar-refractivity contribution in [2.75, 3.05) is 13.6 Å². The van der Waals surface area contributed by atoms with Crippen LogP contribution < -0.4 is 0 Å². The van der Waals surface area contributed by atoms with Crippen molar-refractivity contribution in [1.29, 1.82) is 0 Å². The van der Waals surface area contributed by atoms with Gasteiger partial charge in [-0.05, 0) is 49.5 Å². The second-order valence-electron chi connectivity index (χ2n) is 7.47. The molecule has 0 saturated heterocycles. The van der Waals surface area contributed by atoms with Gasteiger partial charge >= 0.3 is 0 Å². The van der Waals surface area contributed by atoms with Gasteiger partial charge in [0.2, 0.25) is 5.91 Å². The van der Waals surface area contributed by atoms with Crippen molar-refractivity contribution in [2.24, 2.45) is 5.10 Å². The number of benzene rings is 1. The van der Waals surface area contributed by atoms with E-state index in [1.807, 2.05) is 38.1 Å². The van der Waals surface area contributed by atoms with Crippen LogP contribution in [0.1, 0.15) is 64.5 Å². The van der Waals surface area contributed by atoms with Crippen LogP contribution in [-0.2, 0) is 11.3 Å². The van der Waals surface area contributed by atoms with Gasteiger partial charge in [0, 0.05) is 26.9 Å². The molecule has 1 aliphatic rings. The molecule has 0 radical (unpaired) electrons. The fraction of sp³-hybridized carbons (Fsp3) is 0.462. The maximum atomic E-state index is 12.3. The predicted molar refractivity (Wildman–Crippen MR) is 131 cm³/mol. The Morgan fingerprint density at radius 2 is 1.87 bits per heavy atom. The first-order chi connectivity index (χ1) is 14.9. The van der Waals surface area contributed by atoms with E-state index in [9.17, 15) is 9.90 Å². The molecule has 0 aromatic heterocycles. The van der Waals surface area contributed by atoms with Gasteiger partial charge in [0.25, 0.3) is 0 Å². The van der Waals surface area contributed by atoms with E-state index in [4.69, 9.17) is 5.10 Å². The Labute approximate surface area is 188 Å². The summed E-state index contributed by atoms with van der Waals surface area (Å²) in [7, 11) is 1.93. The molecule has 5 nitrogen and oxygen atoms in total. The molecule has 1 amide bonds. The van der Waals surface area contributed by atoms with Gasteiger partial charge in [-0.15, -0.1) is 0 Å². The summed E-state index contributed by atoms with van der Waals surface area (Å²) in [5.74, 6) is 1.05. The van der Waals surface area contributed by atoms with E-state index >= 15 is 0 Å². The second-order valence-corrected chi connectivity index (χ2v) is 7.47. The van der Waals surface area contributed by atoms with Crippen molar-refractivity contribution < 1.29 is 9.90 Å². The van der Waals surface area contributed by atoms with Crippen molar-refractivity contribution in [3.63, 3.8) is 0 Å². The normalized spacial score (nSPS) is 13.4. The van der Waals surface area contributed by atoms with Gasteiger partial charge in [-0.2, -0.15) is 5.10 Å². The molecule has 0 aliphatic heterocycles. The zero-order chi connectivity index (χ0) is 23.2. The van der Waals surface area contributed by atoms with Gasteiger partial charge in [-0.1, -0.05) is 62.8 Å². The maximum Gasteiger partial charge on any atom is 0.224 e. The fourth-order valence-electron chi connectivity index (χ4n) is 3.24. The standard InChI is InChI=1S/C24H33N3O2.C2H6/c1-5-16-27(20(3)28)24(15-14-21-8-6-7-9-23(29)17-21)25-26(4)18-22-12-10-19(2)11-13-22;1-2/h6,8-13,17,29H,5,7,14-16,18H2,1-4H3;1-2H3/b25-24-;. The van der Waals surface area contributed by atoms with Crippen molar-refractivity contribution in [3.8, 4) is 0 Å². The molecule has 170 valence electrons. The molecule has 0 unspecified atom stereocenters. The lowest BCUT2D eigenvalue weighted by atomic mass is 10.1. The highest BCUT2D eigenvalue weighted by atomic mass is 16.3. The van der Waals surface area contributed by atoms with E-state index in [0.717, 1.165) is 24.3 Å². The largest absolute Gasteiger partial charge is 0.508 e. The molecule has 5 heteroatoms. The number of aliphatic hydroxyl groups is 1. The van der Waals surface area contributed by atoms with Crippen LogP contribution in [0.4, 0.5) is 0 Å². The van der Waals surface area contributed by atoms with E-state index in [2.05, 4.69) is 38.1 Å². The zero-order valence-corrected chi connectivity index (χ0v) is 20.1. The zero-order valence-electron chi connectivity index (χ0n) is 20.1. The maximum absolute atomic E-state index is 12.3. The molecule has 1 aromatic carbocycles. The van der Waals surface area contributed by atoms with Gasteiger partial charge in [0.05, 0.1) is 6.54 Å². The average molecular weight is 426 g/mol. The Bertz CT molecular complexity index is 804. The molecule has 0 atom stereocenters. The predicted octanol–water partition coefficient (Wildman–Crippen LogP) is 6.13. The van der Waals surface area contributed by atoms with Crippen molar-refractivity contribution in [1.82, 2.24) is 9.91 Å². The number of nitrogens with zero attached hydrogens (tertiary/aromatic N) is 3. The number of amidine groups is 1. The smallest absolute Gasteiger partial charge is 0.224 e. The van der Waals surface area contributed by atoms with E-state index in [1.165, 1.54) is 11.1 Å². The van der Waals surface area contributed by atoms with Crippen LogP contribution in [0.3, 0.4) is 0 Å². The number of aliphatic hydroxyl groups excluding tert-OH is 1. The van der Waals surface area contributed by atoms with Crippen molar-refractivity contribution in [3.05, 3.63) is 71.0 Å². The topological polar surface area (TPSA) is 56.1 Å². The monoisotopic (exact) mass is 425 g/mol. The lowest BCUT2D eigenvalue weighted by Crippen LogP contribution is -2.37. The third-order valence-corrected chi connectivity index (χ3v) is 4.72. The lowest BCUT2D eigenvalue weighted by molar-refractivity contribution is -0.125. The summed E-state index contributed by atoms with van der Waals surface area (Å²) in [5, 5.41) is 16.6. The number of carbonyl (C=O) groups excluding carboxylic acids is 1. The summed E-state index contributed by atoms with van der Waals surface area (Å²) < 4.78 is 0. The Morgan fingerprint density at radius 3 is 2.48 bits per heavy atom. The molecule has 0 fully saturated rings. The van der Waals surface area contributed by atoms with Gasteiger partial charge < -0.3 is 5.11 Å². The van der Waals surface area contributed by atoms with E-state index < -0.39 is 0 Å². The minimum absolute atomic E-state index is 0.00228. The van der Waals surface area contributed by atoms with Crippen LogP contribution in [0.15, 0.2) is 65.0 Å². The quantitative estimate of drug-likeness (QED) is 0.309. The van der Waals surface area contributed by atoms with Crippen LogP contribution in [-0.4, -0.2) is 40.4 Å². The Kier molecular flexibility index (Phi) is 12.0.